The topological polar surface area (TPSA) is 35.2 Å². The molecule has 15 heavy (non-hydrogen) atoms. The van der Waals surface area contributed by atoms with Gasteiger partial charge in [0.15, 0.2) is 0 Å². The highest BCUT2D eigenvalue weighted by atomic mass is 35.5. The predicted octanol–water partition coefficient (Wildman–Crippen LogP) is 2.61. The second-order valence-electron chi connectivity index (χ2n) is 4.73. The summed E-state index contributed by atoms with van der Waals surface area (Å²) in [6, 6.07) is 3.96. The van der Waals surface area contributed by atoms with Gasteiger partial charge in [-0.2, -0.15) is 0 Å². The average molecular weight is 224 g/mol. The van der Waals surface area contributed by atoms with Crippen LogP contribution in [0.5, 0.6) is 5.75 Å². The zero-order valence-corrected chi connectivity index (χ0v) is 9.47. The first-order chi connectivity index (χ1) is 7.08. The molecule has 0 spiro atoms. The van der Waals surface area contributed by atoms with Gasteiger partial charge in [-0.25, -0.2) is 0 Å². The molecule has 0 bridgehead atoms. The first-order valence-corrected chi connectivity index (χ1v) is 5.75. The van der Waals surface area contributed by atoms with E-state index in [0.717, 1.165) is 35.6 Å². The quantitative estimate of drug-likeness (QED) is 0.795. The molecule has 1 aromatic rings. The maximum atomic E-state index is 6.22. The molecule has 1 fully saturated rings. The molecule has 1 unspecified atom stereocenters. The first-order valence-electron chi connectivity index (χ1n) is 5.37. The molecular formula is C12H14ClNO. The Morgan fingerprint density at radius 1 is 1.47 bits per heavy atom. The molecule has 1 saturated carbocycles. The summed E-state index contributed by atoms with van der Waals surface area (Å²) < 4.78 is 5.82. The van der Waals surface area contributed by atoms with Crippen LogP contribution in [0.2, 0.25) is 5.02 Å². The molecule has 0 aromatic heterocycles. The Labute approximate surface area is 94.4 Å². The molecule has 0 radical (unpaired) electrons. The van der Waals surface area contributed by atoms with Gasteiger partial charge in [-0.3, -0.25) is 0 Å². The van der Waals surface area contributed by atoms with E-state index in [4.69, 9.17) is 22.1 Å². The molecule has 1 heterocycles. The van der Waals surface area contributed by atoms with Crippen molar-refractivity contribution in [3.05, 3.63) is 28.3 Å². The number of hydrogen-bond acceptors (Lipinski definition) is 2. The average Bonchev–Trinajstić information content (AvgIpc) is 2.78. The van der Waals surface area contributed by atoms with E-state index in [0.29, 0.717) is 0 Å². The van der Waals surface area contributed by atoms with Crippen LogP contribution in [-0.2, 0) is 12.0 Å². The third-order valence-electron chi connectivity index (χ3n) is 3.28. The largest absolute Gasteiger partial charge is 0.490 e. The minimum Gasteiger partial charge on any atom is -0.490 e. The van der Waals surface area contributed by atoms with Crippen LogP contribution in [0.15, 0.2) is 12.1 Å². The van der Waals surface area contributed by atoms with Crippen molar-refractivity contribution in [2.24, 2.45) is 5.73 Å². The number of ether oxygens (including phenoxy) is 1. The van der Waals surface area contributed by atoms with Crippen molar-refractivity contribution in [1.82, 2.24) is 0 Å². The van der Waals surface area contributed by atoms with Crippen molar-refractivity contribution in [3.8, 4) is 5.75 Å². The maximum absolute atomic E-state index is 6.22. The van der Waals surface area contributed by atoms with E-state index in [-0.39, 0.29) is 11.6 Å². The normalized spacial score (nSPS) is 25.9. The van der Waals surface area contributed by atoms with Crippen LogP contribution in [-0.4, -0.2) is 6.10 Å². The second-order valence-corrected chi connectivity index (χ2v) is 5.17. The van der Waals surface area contributed by atoms with Gasteiger partial charge in [-0.15, -0.1) is 0 Å². The van der Waals surface area contributed by atoms with Gasteiger partial charge in [0.25, 0.3) is 0 Å². The molecule has 1 atom stereocenters. The Bertz CT molecular complexity index is 426. The molecular weight excluding hydrogens is 210 g/mol. The lowest BCUT2D eigenvalue weighted by Crippen LogP contribution is -2.20. The lowest BCUT2D eigenvalue weighted by molar-refractivity contribution is 0.251. The van der Waals surface area contributed by atoms with Gasteiger partial charge in [0.1, 0.15) is 11.9 Å². The molecule has 3 rings (SSSR count). The summed E-state index contributed by atoms with van der Waals surface area (Å²) in [4.78, 5) is 0. The molecule has 0 saturated heterocycles. The summed E-state index contributed by atoms with van der Waals surface area (Å²) in [5.41, 5.74) is 8.36. The van der Waals surface area contributed by atoms with Gasteiger partial charge in [-0.1, -0.05) is 11.6 Å². The van der Waals surface area contributed by atoms with Crippen LogP contribution in [0.3, 0.4) is 0 Å². The van der Waals surface area contributed by atoms with E-state index >= 15 is 0 Å². The molecule has 80 valence electrons. The molecule has 2 nitrogen and oxygen atoms in total. The minimum atomic E-state index is -0.168. The third kappa shape index (κ3) is 1.44. The van der Waals surface area contributed by atoms with Crippen molar-refractivity contribution in [2.45, 2.75) is 37.8 Å². The standard InChI is InChI=1S/C12H14ClNO/c1-7-4-8-5-9(13)6-10(11(8)15-7)12(14)2-3-12/h5-7H,2-4,14H2,1H3. The summed E-state index contributed by atoms with van der Waals surface area (Å²) in [6.45, 7) is 2.08. The van der Waals surface area contributed by atoms with Crippen LogP contribution in [0.25, 0.3) is 0 Å². The summed E-state index contributed by atoms with van der Waals surface area (Å²) >= 11 is 6.10. The zero-order chi connectivity index (χ0) is 10.6. The van der Waals surface area contributed by atoms with Crippen molar-refractivity contribution in [1.29, 1.82) is 0 Å². The van der Waals surface area contributed by atoms with Crippen molar-refractivity contribution in [2.75, 3.05) is 0 Å². The van der Waals surface area contributed by atoms with Crippen molar-refractivity contribution >= 4 is 11.6 Å². The van der Waals surface area contributed by atoms with Gasteiger partial charge < -0.3 is 10.5 Å². The number of nitrogens with two attached hydrogens (primary N) is 1. The van der Waals surface area contributed by atoms with Crippen LogP contribution in [0.1, 0.15) is 30.9 Å². The highest BCUT2D eigenvalue weighted by molar-refractivity contribution is 6.30. The molecule has 1 aliphatic heterocycles. The van der Waals surface area contributed by atoms with Crippen LogP contribution >= 0.6 is 11.6 Å². The summed E-state index contributed by atoms with van der Waals surface area (Å²) in [5.74, 6) is 0.993. The monoisotopic (exact) mass is 223 g/mol. The summed E-state index contributed by atoms with van der Waals surface area (Å²) in [5, 5.41) is 0.776. The van der Waals surface area contributed by atoms with Gasteiger partial charge >= 0.3 is 0 Å². The van der Waals surface area contributed by atoms with E-state index in [1.165, 1.54) is 5.56 Å². The fourth-order valence-electron chi connectivity index (χ4n) is 2.27. The third-order valence-corrected chi connectivity index (χ3v) is 3.50. The number of benzene rings is 1. The molecule has 3 heteroatoms. The Morgan fingerprint density at radius 2 is 2.20 bits per heavy atom. The fourth-order valence-corrected chi connectivity index (χ4v) is 2.51. The fraction of sp³-hybridized carbons (Fsp3) is 0.500. The number of rotatable bonds is 1. The minimum absolute atomic E-state index is 0.168. The Hall–Kier alpha value is -0.730. The summed E-state index contributed by atoms with van der Waals surface area (Å²) in [7, 11) is 0. The smallest absolute Gasteiger partial charge is 0.128 e. The molecule has 0 amide bonds. The number of fused-ring (bicyclic) bond motifs is 1. The van der Waals surface area contributed by atoms with Gasteiger partial charge in [0.05, 0.1) is 0 Å². The highest BCUT2D eigenvalue weighted by Crippen LogP contribution is 2.50. The molecule has 2 N–H and O–H groups in total. The van der Waals surface area contributed by atoms with Crippen LogP contribution < -0.4 is 10.5 Å². The lowest BCUT2D eigenvalue weighted by atomic mass is 10.0. The molecule has 1 aliphatic carbocycles. The zero-order valence-electron chi connectivity index (χ0n) is 8.72. The van der Waals surface area contributed by atoms with Crippen LogP contribution in [0, 0.1) is 0 Å². The predicted molar refractivity (Wildman–Crippen MR) is 60.3 cm³/mol. The van der Waals surface area contributed by atoms with E-state index in [1.807, 2.05) is 12.1 Å². The highest BCUT2D eigenvalue weighted by Gasteiger charge is 2.44. The first kappa shape index (κ1) is 9.49. The summed E-state index contributed by atoms with van der Waals surface area (Å²) in [6.07, 6.45) is 3.27. The SMILES string of the molecule is CC1Cc2cc(Cl)cc(C3(N)CC3)c2O1. The molecule has 2 aliphatic rings. The van der Waals surface area contributed by atoms with Gasteiger partial charge in [0, 0.05) is 22.5 Å². The van der Waals surface area contributed by atoms with E-state index in [2.05, 4.69) is 6.92 Å². The van der Waals surface area contributed by atoms with Crippen molar-refractivity contribution in [3.63, 3.8) is 0 Å². The molecule has 1 aromatic carbocycles. The Balaban J connectivity index is 2.15. The van der Waals surface area contributed by atoms with Gasteiger partial charge in [0.2, 0.25) is 0 Å². The van der Waals surface area contributed by atoms with Crippen molar-refractivity contribution < 1.29 is 4.74 Å². The van der Waals surface area contributed by atoms with E-state index in [1.54, 1.807) is 0 Å². The number of halogens is 1. The second kappa shape index (κ2) is 2.89. The lowest BCUT2D eigenvalue weighted by Gasteiger charge is -2.15. The maximum Gasteiger partial charge on any atom is 0.128 e. The Kier molecular flexibility index (Phi) is 1.83. The van der Waals surface area contributed by atoms with E-state index in [9.17, 15) is 0 Å². The Morgan fingerprint density at radius 3 is 2.87 bits per heavy atom. The van der Waals surface area contributed by atoms with Crippen LogP contribution in [0.4, 0.5) is 0 Å². The van der Waals surface area contributed by atoms with E-state index < -0.39 is 0 Å². The van der Waals surface area contributed by atoms with Gasteiger partial charge in [-0.05, 0) is 37.5 Å². The number of hydrogen-bond donors (Lipinski definition) is 1.